The predicted molar refractivity (Wildman–Crippen MR) is 87.9 cm³/mol. The highest BCUT2D eigenvalue weighted by molar-refractivity contribution is 9.10. The summed E-state index contributed by atoms with van der Waals surface area (Å²) in [6.07, 6.45) is 0. The third-order valence-corrected chi connectivity index (χ3v) is 4.38. The summed E-state index contributed by atoms with van der Waals surface area (Å²) in [6, 6.07) is 13.0. The molecule has 0 saturated carbocycles. The van der Waals surface area contributed by atoms with E-state index in [1.54, 1.807) is 37.3 Å². The maximum atomic E-state index is 12.5. The molecule has 0 radical (unpaired) electrons. The lowest BCUT2D eigenvalue weighted by atomic mass is 10.1. The van der Waals surface area contributed by atoms with E-state index in [-0.39, 0.29) is 5.91 Å². The first kappa shape index (κ1) is 15.9. The maximum Gasteiger partial charge on any atom is 0.255 e. The average Bonchev–Trinajstić information content (AvgIpc) is 2.49. The van der Waals surface area contributed by atoms with Crippen LogP contribution < -0.4 is 4.74 Å². The van der Waals surface area contributed by atoms with E-state index in [0.717, 1.165) is 11.3 Å². The second-order valence-electron chi connectivity index (χ2n) is 4.61. The van der Waals surface area contributed by atoms with Gasteiger partial charge in [0.05, 0.1) is 17.7 Å². The molecular weight excluding hydrogens is 354 g/mol. The Morgan fingerprint density at radius 1 is 1.29 bits per heavy atom. The standard InChI is InChI=1S/C16H15BrClNO2/c1-19(10-11-5-3-6-12(9-11)21-2)16(20)13-7-4-8-14(17)15(13)18/h3-9H,10H2,1-2H3. The van der Waals surface area contributed by atoms with Gasteiger partial charge in [0.1, 0.15) is 5.75 Å². The summed E-state index contributed by atoms with van der Waals surface area (Å²) in [5.74, 6) is 0.651. The normalized spacial score (nSPS) is 10.3. The number of nitrogens with zero attached hydrogens (tertiary/aromatic N) is 1. The van der Waals surface area contributed by atoms with Gasteiger partial charge in [-0.15, -0.1) is 0 Å². The van der Waals surface area contributed by atoms with Crippen LogP contribution in [0.1, 0.15) is 15.9 Å². The minimum absolute atomic E-state index is 0.121. The molecule has 0 unspecified atom stereocenters. The van der Waals surface area contributed by atoms with Crippen molar-refractivity contribution in [2.24, 2.45) is 0 Å². The monoisotopic (exact) mass is 367 g/mol. The van der Waals surface area contributed by atoms with Gasteiger partial charge in [-0.1, -0.05) is 29.8 Å². The van der Waals surface area contributed by atoms with Crippen molar-refractivity contribution in [1.29, 1.82) is 0 Å². The van der Waals surface area contributed by atoms with Crippen molar-refractivity contribution in [3.63, 3.8) is 0 Å². The lowest BCUT2D eigenvalue weighted by Crippen LogP contribution is -2.26. The second-order valence-corrected chi connectivity index (χ2v) is 5.85. The largest absolute Gasteiger partial charge is 0.497 e. The van der Waals surface area contributed by atoms with Crippen LogP contribution in [0.2, 0.25) is 5.02 Å². The fraction of sp³-hybridized carbons (Fsp3) is 0.188. The van der Waals surface area contributed by atoms with Crippen LogP contribution >= 0.6 is 27.5 Å². The van der Waals surface area contributed by atoms with E-state index in [1.165, 1.54) is 0 Å². The van der Waals surface area contributed by atoms with E-state index in [4.69, 9.17) is 16.3 Å². The zero-order valence-electron chi connectivity index (χ0n) is 11.8. The minimum Gasteiger partial charge on any atom is -0.497 e. The Morgan fingerprint density at radius 2 is 2.00 bits per heavy atom. The van der Waals surface area contributed by atoms with Gasteiger partial charge in [-0.05, 0) is 45.8 Å². The van der Waals surface area contributed by atoms with Crippen LogP contribution in [0, 0.1) is 0 Å². The highest BCUT2D eigenvalue weighted by Crippen LogP contribution is 2.27. The highest BCUT2D eigenvalue weighted by Gasteiger charge is 2.16. The molecule has 0 spiro atoms. The van der Waals surface area contributed by atoms with Crippen LogP contribution in [0.4, 0.5) is 0 Å². The summed E-state index contributed by atoms with van der Waals surface area (Å²) in [7, 11) is 3.37. The highest BCUT2D eigenvalue weighted by atomic mass is 79.9. The molecule has 2 aromatic rings. The van der Waals surface area contributed by atoms with E-state index in [1.807, 2.05) is 24.3 Å². The molecule has 0 fully saturated rings. The molecule has 2 rings (SSSR count). The van der Waals surface area contributed by atoms with Crippen molar-refractivity contribution in [3.05, 3.63) is 63.1 Å². The molecule has 5 heteroatoms. The molecule has 0 heterocycles. The van der Waals surface area contributed by atoms with Crippen LogP contribution in [0.25, 0.3) is 0 Å². The van der Waals surface area contributed by atoms with Gasteiger partial charge in [0.15, 0.2) is 0 Å². The summed E-state index contributed by atoms with van der Waals surface area (Å²) in [6.45, 7) is 0.485. The Morgan fingerprint density at radius 3 is 2.71 bits per heavy atom. The molecule has 0 bridgehead atoms. The van der Waals surface area contributed by atoms with Crippen LogP contribution in [0.15, 0.2) is 46.9 Å². The van der Waals surface area contributed by atoms with Gasteiger partial charge in [0.25, 0.3) is 5.91 Å². The molecule has 0 aliphatic heterocycles. The molecule has 0 saturated heterocycles. The number of ether oxygens (including phenoxy) is 1. The molecular formula is C16H15BrClNO2. The first-order valence-electron chi connectivity index (χ1n) is 6.35. The Bertz CT molecular complexity index is 660. The number of halogens is 2. The van der Waals surface area contributed by atoms with Gasteiger partial charge >= 0.3 is 0 Å². The fourth-order valence-corrected chi connectivity index (χ4v) is 2.56. The van der Waals surface area contributed by atoms with Crippen LogP contribution in [-0.4, -0.2) is 25.0 Å². The number of carbonyl (C=O) groups excluding carboxylic acids is 1. The van der Waals surface area contributed by atoms with E-state index in [0.29, 0.717) is 21.6 Å². The Hall–Kier alpha value is -1.52. The number of methoxy groups -OCH3 is 1. The molecule has 3 nitrogen and oxygen atoms in total. The summed E-state index contributed by atoms with van der Waals surface area (Å²) < 4.78 is 5.90. The first-order chi connectivity index (χ1) is 10.0. The van der Waals surface area contributed by atoms with Gasteiger partial charge in [0, 0.05) is 18.1 Å². The number of hydrogen-bond acceptors (Lipinski definition) is 2. The van der Waals surface area contributed by atoms with Crippen molar-refractivity contribution >= 4 is 33.4 Å². The summed E-state index contributed by atoms with van der Waals surface area (Å²) in [4.78, 5) is 14.1. The molecule has 0 aliphatic rings. The van der Waals surface area contributed by atoms with Crippen LogP contribution in [0.5, 0.6) is 5.75 Å². The van der Waals surface area contributed by atoms with E-state index in [2.05, 4.69) is 15.9 Å². The average molecular weight is 369 g/mol. The number of carbonyl (C=O) groups is 1. The summed E-state index contributed by atoms with van der Waals surface area (Å²) in [5.41, 5.74) is 1.48. The molecule has 0 aliphatic carbocycles. The van der Waals surface area contributed by atoms with Crippen LogP contribution in [0.3, 0.4) is 0 Å². The summed E-state index contributed by atoms with van der Waals surface area (Å²) >= 11 is 9.50. The summed E-state index contributed by atoms with van der Waals surface area (Å²) in [5, 5.41) is 0.431. The number of amides is 1. The Balaban J connectivity index is 2.17. The number of rotatable bonds is 4. The molecule has 0 N–H and O–H groups in total. The van der Waals surface area contributed by atoms with Gasteiger partial charge in [-0.3, -0.25) is 4.79 Å². The lowest BCUT2D eigenvalue weighted by molar-refractivity contribution is 0.0785. The van der Waals surface area contributed by atoms with Crippen molar-refractivity contribution in [3.8, 4) is 5.75 Å². The first-order valence-corrected chi connectivity index (χ1v) is 7.52. The van der Waals surface area contributed by atoms with Crippen molar-refractivity contribution in [1.82, 2.24) is 4.90 Å². The predicted octanol–water partition coefficient (Wildman–Crippen LogP) is 4.38. The molecule has 0 aromatic heterocycles. The van der Waals surface area contributed by atoms with Gasteiger partial charge in [-0.2, -0.15) is 0 Å². The molecule has 2 aromatic carbocycles. The van der Waals surface area contributed by atoms with Crippen LogP contribution in [-0.2, 0) is 6.54 Å². The molecule has 0 atom stereocenters. The molecule has 110 valence electrons. The van der Waals surface area contributed by atoms with E-state index >= 15 is 0 Å². The smallest absolute Gasteiger partial charge is 0.255 e. The number of hydrogen-bond donors (Lipinski definition) is 0. The van der Waals surface area contributed by atoms with E-state index < -0.39 is 0 Å². The molecule has 1 amide bonds. The Labute approximate surface area is 137 Å². The second kappa shape index (κ2) is 6.96. The lowest BCUT2D eigenvalue weighted by Gasteiger charge is -2.18. The van der Waals surface area contributed by atoms with Gasteiger partial charge < -0.3 is 9.64 Å². The van der Waals surface area contributed by atoms with Crippen molar-refractivity contribution in [2.75, 3.05) is 14.2 Å². The zero-order chi connectivity index (χ0) is 15.4. The third kappa shape index (κ3) is 3.77. The molecule has 21 heavy (non-hydrogen) atoms. The quantitative estimate of drug-likeness (QED) is 0.801. The topological polar surface area (TPSA) is 29.5 Å². The number of benzene rings is 2. The maximum absolute atomic E-state index is 12.5. The van der Waals surface area contributed by atoms with Gasteiger partial charge in [0.2, 0.25) is 0 Å². The SMILES string of the molecule is COc1cccc(CN(C)C(=O)c2cccc(Br)c2Cl)c1. The zero-order valence-corrected chi connectivity index (χ0v) is 14.1. The van der Waals surface area contributed by atoms with Crippen molar-refractivity contribution in [2.45, 2.75) is 6.54 Å². The fourth-order valence-electron chi connectivity index (χ4n) is 1.99. The van der Waals surface area contributed by atoms with E-state index in [9.17, 15) is 4.79 Å². The third-order valence-electron chi connectivity index (χ3n) is 3.08. The Kier molecular flexibility index (Phi) is 5.26. The van der Waals surface area contributed by atoms with Crippen molar-refractivity contribution < 1.29 is 9.53 Å². The minimum atomic E-state index is -0.121. The van der Waals surface area contributed by atoms with Gasteiger partial charge in [-0.25, -0.2) is 0 Å².